The van der Waals surface area contributed by atoms with Crippen molar-refractivity contribution < 1.29 is 13.9 Å². The fourth-order valence-corrected chi connectivity index (χ4v) is 4.14. The van der Waals surface area contributed by atoms with Crippen LogP contribution in [0, 0.1) is 0 Å². The van der Waals surface area contributed by atoms with Gasteiger partial charge in [0, 0.05) is 25.2 Å². The topological polar surface area (TPSA) is 67.9 Å². The van der Waals surface area contributed by atoms with Crippen LogP contribution in [-0.4, -0.2) is 59.6 Å². The number of fused-ring (bicyclic) bond motifs is 1. The number of oxazole rings is 1. The van der Waals surface area contributed by atoms with E-state index < -0.39 is 5.76 Å². The number of methoxy groups -OCH3 is 1. The van der Waals surface area contributed by atoms with Gasteiger partial charge < -0.3 is 19.0 Å². The molecule has 26 heavy (non-hydrogen) atoms. The Morgan fingerprint density at radius 3 is 2.62 bits per heavy atom. The summed E-state index contributed by atoms with van der Waals surface area (Å²) in [5.74, 6) is 0.0944. The van der Waals surface area contributed by atoms with Gasteiger partial charge in [-0.2, -0.15) is 0 Å². The first-order valence-electron chi connectivity index (χ1n) is 9.35. The Hall–Kier alpha value is -2.28. The first-order valence-corrected chi connectivity index (χ1v) is 9.35. The minimum Gasteiger partial charge on any atom is -0.497 e. The number of benzene rings is 1. The van der Waals surface area contributed by atoms with Crippen molar-refractivity contribution in [2.75, 3.05) is 33.3 Å². The molecule has 0 aliphatic carbocycles. The van der Waals surface area contributed by atoms with Crippen molar-refractivity contribution in [1.29, 1.82) is 0 Å². The predicted octanol–water partition coefficient (Wildman–Crippen LogP) is 1.69. The Kier molecular flexibility index (Phi) is 4.72. The highest BCUT2D eigenvalue weighted by Gasteiger charge is 2.28. The van der Waals surface area contributed by atoms with Gasteiger partial charge in [-0.25, -0.2) is 4.79 Å². The Bertz CT molecular complexity index is 842. The number of aromatic nitrogens is 1. The highest BCUT2D eigenvalue weighted by atomic mass is 16.5. The molecule has 0 saturated carbocycles. The van der Waals surface area contributed by atoms with Crippen LogP contribution in [0.3, 0.4) is 0 Å². The van der Waals surface area contributed by atoms with E-state index in [-0.39, 0.29) is 12.5 Å². The van der Waals surface area contributed by atoms with E-state index in [0.29, 0.717) is 22.9 Å². The number of nitrogens with zero attached hydrogens (tertiary/aromatic N) is 3. The van der Waals surface area contributed by atoms with Crippen LogP contribution in [0.1, 0.15) is 25.7 Å². The third kappa shape index (κ3) is 3.23. The summed E-state index contributed by atoms with van der Waals surface area (Å²) in [5.41, 5.74) is 1.06. The molecule has 0 spiro atoms. The van der Waals surface area contributed by atoms with Gasteiger partial charge in [0.25, 0.3) is 0 Å². The molecule has 7 heteroatoms. The molecule has 2 aliphatic rings. The third-order valence-corrected chi connectivity index (χ3v) is 5.64. The Morgan fingerprint density at radius 2 is 1.92 bits per heavy atom. The zero-order valence-electron chi connectivity index (χ0n) is 15.1. The summed E-state index contributed by atoms with van der Waals surface area (Å²) in [6, 6.07) is 5.76. The fourth-order valence-electron chi connectivity index (χ4n) is 4.14. The number of amides is 1. The summed E-state index contributed by atoms with van der Waals surface area (Å²) in [6.07, 6.45) is 4.61. The van der Waals surface area contributed by atoms with Crippen LogP contribution in [0.25, 0.3) is 11.1 Å². The lowest BCUT2D eigenvalue weighted by atomic mass is 10.0. The van der Waals surface area contributed by atoms with Crippen LogP contribution in [-0.2, 0) is 11.3 Å². The second-order valence-corrected chi connectivity index (χ2v) is 7.14. The van der Waals surface area contributed by atoms with Crippen LogP contribution in [0.5, 0.6) is 5.75 Å². The largest absolute Gasteiger partial charge is 0.497 e. The van der Waals surface area contributed by atoms with Crippen molar-refractivity contribution in [1.82, 2.24) is 14.4 Å². The summed E-state index contributed by atoms with van der Waals surface area (Å²) >= 11 is 0. The zero-order chi connectivity index (χ0) is 18.1. The summed E-state index contributed by atoms with van der Waals surface area (Å²) in [5, 5.41) is 0. The maximum Gasteiger partial charge on any atom is 0.420 e. The molecule has 0 atom stereocenters. The van der Waals surface area contributed by atoms with Crippen molar-refractivity contribution in [3.05, 3.63) is 28.7 Å². The third-order valence-electron chi connectivity index (χ3n) is 5.64. The Labute approximate surface area is 152 Å². The normalized spacial score (nSPS) is 19.3. The van der Waals surface area contributed by atoms with Crippen LogP contribution in [0.4, 0.5) is 0 Å². The van der Waals surface area contributed by atoms with Gasteiger partial charge in [-0.3, -0.25) is 9.36 Å². The zero-order valence-corrected chi connectivity index (χ0v) is 15.1. The molecule has 2 aromatic rings. The van der Waals surface area contributed by atoms with E-state index in [1.54, 1.807) is 25.3 Å². The SMILES string of the molecule is COc1ccc2oc(=O)n(CC(=O)N3CCC(N4CCCC4)CC3)c2c1. The van der Waals surface area contributed by atoms with E-state index in [2.05, 4.69) is 4.90 Å². The number of piperidine rings is 1. The molecule has 0 unspecified atom stereocenters. The van der Waals surface area contributed by atoms with Crippen molar-refractivity contribution in [2.24, 2.45) is 0 Å². The van der Waals surface area contributed by atoms with Crippen molar-refractivity contribution >= 4 is 17.0 Å². The smallest absolute Gasteiger partial charge is 0.420 e. The van der Waals surface area contributed by atoms with Crippen LogP contribution in [0.15, 0.2) is 27.4 Å². The molecule has 2 saturated heterocycles. The molecule has 7 nitrogen and oxygen atoms in total. The lowest BCUT2D eigenvalue weighted by Gasteiger charge is -2.36. The number of hydrogen-bond donors (Lipinski definition) is 0. The maximum atomic E-state index is 12.7. The van der Waals surface area contributed by atoms with Gasteiger partial charge in [0.1, 0.15) is 12.3 Å². The lowest BCUT2D eigenvalue weighted by Crippen LogP contribution is -2.47. The molecule has 0 N–H and O–H groups in total. The molecule has 2 fully saturated rings. The summed E-state index contributed by atoms with van der Waals surface area (Å²) < 4.78 is 11.9. The summed E-state index contributed by atoms with van der Waals surface area (Å²) in [6.45, 7) is 3.91. The average molecular weight is 359 g/mol. The molecule has 1 amide bonds. The number of carbonyl (C=O) groups is 1. The molecule has 0 radical (unpaired) electrons. The Morgan fingerprint density at radius 1 is 1.19 bits per heavy atom. The van der Waals surface area contributed by atoms with Crippen molar-refractivity contribution in [2.45, 2.75) is 38.3 Å². The van der Waals surface area contributed by atoms with Gasteiger partial charge in [0.15, 0.2) is 5.58 Å². The molecule has 4 rings (SSSR count). The number of ether oxygens (including phenoxy) is 1. The number of likely N-dealkylation sites (tertiary alicyclic amines) is 2. The van der Waals surface area contributed by atoms with E-state index in [1.807, 2.05) is 4.90 Å². The lowest BCUT2D eigenvalue weighted by molar-refractivity contribution is -0.133. The van der Waals surface area contributed by atoms with Gasteiger partial charge in [-0.15, -0.1) is 0 Å². The van der Waals surface area contributed by atoms with E-state index in [1.165, 1.54) is 30.5 Å². The Balaban J connectivity index is 1.44. The van der Waals surface area contributed by atoms with E-state index in [0.717, 1.165) is 25.9 Å². The quantitative estimate of drug-likeness (QED) is 0.831. The van der Waals surface area contributed by atoms with Gasteiger partial charge >= 0.3 is 5.76 Å². The predicted molar refractivity (Wildman–Crippen MR) is 97.4 cm³/mol. The maximum absolute atomic E-state index is 12.7. The average Bonchev–Trinajstić information content (AvgIpc) is 3.30. The molecule has 1 aromatic carbocycles. The minimum atomic E-state index is -0.506. The summed E-state index contributed by atoms with van der Waals surface area (Å²) in [4.78, 5) is 29.3. The molecular weight excluding hydrogens is 334 g/mol. The highest BCUT2D eigenvalue weighted by molar-refractivity contribution is 5.80. The molecule has 140 valence electrons. The number of carbonyl (C=O) groups excluding carboxylic acids is 1. The monoisotopic (exact) mass is 359 g/mol. The molecule has 3 heterocycles. The molecular formula is C19H25N3O4. The van der Waals surface area contributed by atoms with Gasteiger partial charge in [-0.1, -0.05) is 0 Å². The van der Waals surface area contributed by atoms with Crippen LogP contribution < -0.4 is 10.5 Å². The standard InChI is InChI=1S/C19H25N3O4/c1-25-15-4-5-17-16(12-15)22(19(24)26-17)13-18(23)21-10-6-14(7-11-21)20-8-2-3-9-20/h4-5,12,14H,2-3,6-11,13H2,1H3. The van der Waals surface area contributed by atoms with Crippen LogP contribution in [0.2, 0.25) is 0 Å². The van der Waals surface area contributed by atoms with Gasteiger partial charge in [-0.05, 0) is 50.9 Å². The van der Waals surface area contributed by atoms with Gasteiger partial charge in [0.05, 0.1) is 12.6 Å². The second-order valence-electron chi connectivity index (χ2n) is 7.14. The first kappa shape index (κ1) is 17.1. The second kappa shape index (κ2) is 7.15. The van der Waals surface area contributed by atoms with Crippen molar-refractivity contribution in [3.8, 4) is 5.75 Å². The summed E-state index contributed by atoms with van der Waals surface area (Å²) in [7, 11) is 1.57. The van der Waals surface area contributed by atoms with Crippen LogP contribution >= 0.6 is 0 Å². The number of hydrogen-bond acceptors (Lipinski definition) is 5. The highest BCUT2D eigenvalue weighted by Crippen LogP contribution is 2.22. The fraction of sp³-hybridized carbons (Fsp3) is 0.579. The molecule has 2 aliphatic heterocycles. The van der Waals surface area contributed by atoms with E-state index in [4.69, 9.17) is 9.15 Å². The molecule has 1 aromatic heterocycles. The minimum absolute atomic E-state index is 0.00732. The van der Waals surface area contributed by atoms with Gasteiger partial charge in [0.2, 0.25) is 5.91 Å². The number of rotatable bonds is 4. The van der Waals surface area contributed by atoms with E-state index >= 15 is 0 Å². The first-order chi connectivity index (χ1) is 12.7. The van der Waals surface area contributed by atoms with E-state index in [9.17, 15) is 9.59 Å². The molecule has 0 bridgehead atoms. The van der Waals surface area contributed by atoms with Crippen molar-refractivity contribution in [3.63, 3.8) is 0 Å².